The number of carbonyl (C=O) groups is 1. The van der Waals surface area contributed by atoms with Crippen LogP contribution >= 0.6 is 0 Å². The van der Waals surface area contributed by atoms with Crippen LogP contribution in [0.3, 0.4) is 0 Å². The van der Waals surface area contributed by atoms with E-state index in [1.54, 1.807) is 6.07 Å². The van der Waals surface area contributed by atoms with Crippen molar-refractivity contribution in [3.05, 3.63) is 67.3 Å². The lowest BCUT2D eigenvalue weighted by molar-refractivity contribution is -0.131. The first-order valence-corrected chi connectivity index (χ1v) is 6.54. The molecule has 0 aliphatic rings. The van der Waals surface area contributed by atoms with E-state index in [9.17, 15) is 9.90 Å². The quantitative estimate of drug-likeness (QED) is 0.583. The minimum atomic E-state index is -1.19. The summed E-state index contributed by atoms with van der Waals surface area (Å²) in [5.41, 5.74) is 1.90. The van der Waals surface area contributed by atoms with Gasteiger partial charge in [0.2, 0.25) is 6.29 Å². The standard InChI is InChI=1S/C14H14O3.C3H4O2/c15-10-14(16)17-13-9-5-4-8-12(13)11-6-2-1-3-7-11;1-2-3(4)5/h1-9,14-16H,10H2;2H,1H2,(H,4,5). The molecule has 0 aliphatic carbocycles. The zero-order valence-electron chi connectivity index (χ0n) is 11.9. The van der Waals surface area contributed by atoms with E-state index in [1.807, 2.05) is 48.5 Å². The number of ether oxygens (including phenoxy) is 1. The third-order valence-electron chi connectivity index (χ3n) is 2.57. The van der Waals surface area contributed by atoms with Crippen LogP contribution in [0.5, 0.6) is 5.75 Å². The number of aliphatic carboxylic acids is 1. The molecule has 3 N–H and O–H groups in total. The first kappa shape index (κ1) is 17.4. The Bertz CT molecular complexity index is 595. The third-order valence-corrected chi connectivity index (χ3v) is 2.57. The van der Waals surface area contributed by atoms with Gasteiger partial charge in [-0.05, 0) is 11.6 Å². The van der Waals surface area contributed by atoms with Crippen LogP contribution in [-0.4, -0.2) is 34.2 Å². The van der Waals surface area contributed by atoms with E-state index in [1.165, 1.54) is 0 Å². The van der Waals surface area contributed by atoms with Crippen molar-refractivity contribution in [2.75, 3.05) is 6.61 Å². The first-order chi connectivity index (χ1) is 10.6. The summed E-state index contributed by atoms with van der Waals surface area (Å²) in [5.74, 6) is -0.426. The molecule has 1 atom stereocenters. The van der Waals surface area contributed by atoms with Crippen molar-refractivity contribution in [3.63, 3.8) is 0 Å². The number of aliphatic hydroxyl groups is 2. The molecular weight excluding hydrogens is 284 g/mol. The molecule has 22 heavy (non-hydrogen) atoms. The molecule has 0 bridgehead atoms. The van der Waals surface area contributed by atoms with Gasteiger partial charge in [-0.15, -0.1) is 0 Å². The summed E-state index contributed by atoms with van der Waals surface area (Å²) >= 11 is 0. The van der Waals surface area contributed by atoms with Crippen LogP contribution in [0, 0.1) is 0 Å². The molecule has 0 amide bonds. The second-order valence-electron chi connectivity index (χ2n) is 4.16. The summed E-state index contributed by atoms with van der Waals surface area (Å²) in [6.45, 7) is 2.53. The predicted octanol–water partition coefficient (Wildman–Crippen LogP) is 2.30. The highest BCUT2D eigenvalue weighted by Crippen LogP contribution is 2.29. The maximum atomic E-state index is 9.31. The topological polar surface area (TPSA) is 87.0 Å². The Morgan fingerprint density at radius 3 is 2.23 bits per heavy atom. The molecule has 5 heteroatoms. The molecule has 116 valence electrons. The van der Waals surface area contributed by atoms with Gasteiger partial charge in [0.1, 0.15) is 12.4 Å². The van der Waals surface area contributed by atoms with Gasteiger partial charge in [0.25, 0.3) is 0 Å². The Morgan fingerprint density at radius 2 is 1.68 bits per heavy atom. The number of carboxylic acids is 1. The molecule has 1 unspecified atom stereocenters. The van der Waals surface area contributed by atoms with E-state index in [4.69, 9.17) is 14.9 Å². The molecule has 2 rings (SSSR count). The summed E-state index contributed by atoms with van der Waals surface area (Å²) in [7, 11) is 0. The van der Waals surface area contributed by atoms with E-state index in [-0.39, 0.29) is 0 Å². The van der Waals surface area contributed by atoms with Gasteiger partial charge in [-0.2, -0.15) is 0 Å². The highest BCUT2D eigenvalue weighted by molar-refractivity contribution is 5.78. The van der Waals surface area contributed by atoms with E-state index in [0.717, 1.165) is 17.2 Å². The van der Waals surface area contributed by atoms with Gasteiger partial charge in [-0.1, -0.05) is 55.1 Å². The molecule has 0 spiro atoms. The van der Waals surface area contributed by atoms with E-state index in [0.29, 0.717) is 5.75 Å². The molecule has 0 fully saturated rings. The predicted molar refractivity (Wildman–Crippen MR) is 83.4 cm³/mol. The molecule has 2 aromatic carbocycles. The minimum Gasteiger partial charge on any atom is -0.478 e. The van der Waals surface area contributed by atoms with Gasteiger partial charge in [-0.3, -0.25) is 0 Å². The van der Waals surface area contributed by atoms with E-state index < -0.39 is 18.9 Å². The molecule has 0 radical (unpaired) electrons. The Kier molecular flexibility index (Phi) is 7.39. The molecule has 0 heterocycles. The molecule has 0 saturated heterocycles. The van der Waals surface area contributed by atoms with Crippen LogP contribution < -0.4 is 4.74 Å². The van der Waals surface area contributed by atoms with Crippen molar-refractivity contribution in [2.24, 2.45) is 0 Å². The molecular formula is C17H18O5. The highest BCUT2D eigenvalue weighted by Gasteiger charge is 2.09. The van der Waals surface area contributed by atoms with Crippen molar-refractivity contribution < 1.29 is 24.9 Å². The lowest BCUT2D eigenvalue weighted by atomic mass is 10.1. The number of carboxylic acid groups (broad SMARTS) is 1. The average Bonchev–Trinajstić information content (AvgIpc) is 2.56. The fourth-order valence-electron chi connectivity index (χ4n) is 1.61. The van der Waals surface area contributed by atoms with Crippen LogP contribution in [0.15, 0.2) is 67.3 Å². The molecule has 5 nitrogen and oxygen atoms in total. The van der Waals surface area contributed by atoms with Crippen LogP contribution in [0.2, 0.25) is 0 Å². The lowest BCUT2D eigenvalue weighted by Gasteiger charge is -2.14. The van der Waals surface area contributed by atoms with Crippen molar-refractivity contribution in [2.45, 2.75) is 6.29 Å². The van der Waals surface area contributed by atoms with Gasteiger partial charge in [0.15, 0.2) is 0 Å². The summed E-state index contributed by atoms with van der Waals surface area (Å²) in [6, 6.07) is 17.2. The number of para-hydroxylation sites is 1. The van der Waals surface area contributed by atoms with Gasteiger partial charge < -0.3 is 20.1 Å². The summed E-state index contributed by atoms with van der Waals surface area (Å²) in [6.07, 6.45) is -0.361. The zero-order valence-corrected chi connectivity index (χ0v) is 11.9. The normalized spacial score (nSPS) is 10.8. The van der Waals surface area contributed by atoms with Gasteiger partial charge >= 0.3 is 5.97 Å². The largest absolute Gasteiger partial charge is 0.478 e. The van der Waals surface area contributed by atoms with Gasteiger partial charge in [-0.25, -0.2) is 4.79 Å². The molecule has 0 saturated carbocycles. The SMILES string of the molecule is C=CC(=O)O.OCC(O)Oc1ccccc1-c1ccccc1. The van der Waals surface area contributed by atoms with Gasteiger partial charge in [0, 0.05) is 11.6 Å². The van der Waals surface area contributed by atoms with Crippen LogP contribution in [0.1, 0.15) is 0 Å². The second-order valence-corrected chi connectivity index (χ2v) is 4.16. The summed E-state index contributed by atoms with van der Waals surface area (Å²) < 4.78 is 5.25. The summed E-state index contributed by atoms with van der Waals surface area (Å²) in [4.78, 5) is 9.25. The van der Waals surface area contributed by atoms with Crippen molar-refractivity contribution in [3.8, 4) is 16.9 Å². The Morgan fingerprint density at radius 1 is 1.14 bits per heavy atom. The Labute approximate surface area is 128 Å². The van der Waals surface area contributed by atoms with Crippen molar-refractivity contribution in [1.82, 2.24) is 0 Å². The number of aliphatic hydroxyl groups excluding tert-OH is 2. The molecule has 0 aromatic heterocycles. The number of hydrogen-bond acceptors (Lipinski definition) is 4. The number of benzene rings is 2. The Hall–Kier alpha value is -2.63. The lowest BCUT2D eigenvalue weighted by Crippen LogP contribution is -2.20. The van der Waals surface area contributed by atoms with E-state index in [2.05, 4.69) is 6.58 Å². The van der Waals surface area contributed by atoms with Crippen LogP contribution in [0.4, 0.5) is 0 Å². The first-order valence-electron chi connectivity index (χ1n) is 6.54. The number of hydrogen-bond donors (Lipinski definition) is 3. The fourth-order valence-corrected chi connectivity index (χ4v) is 1.61. The maximum Gasteiger partial charge on any atom is 0.327 e. The minimum absolute atomic E-state index is 0.427. The highest BCUT2D eigenvalue weighted by atomic mass is 16.6. The van der Waals surface area contributed by atoms with Crippen molar-refractivity contribution in [1.29, 1.82) is 0 Å². The summed E-state index contributed by atoms with van der Waals surface area (Å²) in [5, 5.41) is 25.7. The Balaban J connectivity index is 0.000000422. The van der Waals surface area contributed by atoms with Gasteiger partial charge in [0.05, 0.1) is 0 Å². The third kappa shape index (κ3) is 5.78. The maximum absolute atomic E-state index is 9.31. The number of rotatable bonds is 5. The zero-order chi connectivity index (χ0) is 16.4. The van der Waals surface area contributed by atoms with Crippen molar-refractivity contribution >= 4 is 5.97 Å². The monoisotopic (exact) mass is 302 g/mol. The van der Waals surface area contributed by atoms with E-state index >= 15 is 0 Å². The molecule has 2 aromatic rings. The van der Waals surface area contributed by atoms with Crippen LogP contribution in [-0.2, 0) is 4.79 Å². The second kappa shape index (κ2) is 9.33. The van der Waals surface area contributed by atoms with Crippen LogP contribution in [0.25, 0.3) is 11.1 Å². The smallest absolute Gasteiger partial charge is 0.327 e. The fraction of sp³-hybridized carbons (Fsp3) is 0.118. The molecule has 0 aliphatic heterocycles. The average molecular weight is 302 g/mol.